The van der Waals surface area contributed by atoms with Crippen LogP contribution < -0.4 is 9.80 Å². The molecule has 1 fully saturated rings. The van der Waals surface area contributed by atoms with Gasteiger partial charge in [-0.3, -0.25) is 9.48 Å². The van der Waals surface area contributed by atoms with E-state index in [-0.39, 0.29) is 11.8 Å². The van der Waals surface area contributed by atoms with Gasteiger partial charge in [0.05, 0.1) is 17.5 Å². The van der Waals surface area contributed by atoms with Gasteiger partial charge in [-0.1, -0.05) is 18.2 Å². The Balaban J connectivity index is 1.40. The van der Waals surface area contributed by atoms with Crippen molar-refractivity contribution in [1.82, 2.24) is 19.7 Å². The number of benzene rings is 1. The SMILES string of the molecule is Cc1nc(N2CCC(C(=O)N3CCc4ccccc43)C2)c2cnn(C)c2n1. The number of aryl methyl sites for hydroxylation is 2. The third-order valence-electron chi connectivity index (χ3n) is 5.67. The van der Waals surface area contributed by atoms with Gasteiger partial charge in [-0.15, -0.1) is 0 Å². The number of para-hydroxylation sites is 1. The van der Waals surface area contributed by atoms with Crippen LogP contribution in [-0.4, -0.2) is 45.3 Å². The number of rotatable bonds is 2. The average molecular weight is 362 g/mol. The van der Waals surface area contributed by atoms with Crippen molar-refractivity contribution < 1.29 is 4.79 Å². The van der Waals surface area contributed by atoms with Crippen LogP contribution in [0.15, 0.2) is 30.5 Å². The predicted octanol–water partition coefficient (Wildman–Crippen LogP) is 2.09. The van der Waals surface area contributed by atoms with E-state index in [1.165, 1.54) is 5.56 Å². The van der Waals surface area contributed by atoms with E-state index in [1.54, 1.807) is 4.68 Å². The second-order valence-electron chi connectivity index (χ2n) is 7.40. The highest BCUT2D eigenvalue weighted by Crippen LogP contribution is 2.33. The van der Waals surface area contributed by atoms with Crippen molar-refractivity contribution >= 4 is 28.4 Å². The number of anilines is 2. The maximum atomic E-state index is 13.2. The van der Waals surface area contributed by atoms with Gasteiger partial charge in [0.2, 0.25) is 5.91 Å². The van der Waals surface area contributed by atoms with Crippen LogP contribution in [0.2, 0.25) is 0 Å². The van der Waals surface area contributed by atoms with E-state index in [2.05, 4.69) is 32.1 Å². The molecule has 2 aliphatic heterocycles. The second-order valence-corrected chi connectivity index (χ2v) is 7.40. The number of aromatic nitrogens is 4. The van der Waals surface area contributed by atoms with Gasteiger partial charge in [-0.05, 0) is 31.4 Å². The first-order valence-corrected chi connectivity index (χ1v) is 9.42. The molecule has 3 aromatic rings. The number of hydrogen-bond acceptors (Lipinski definition) is 5. The summed E-state index contributed by atoms with van der Waals surface area (Å²) in [7, 11) is 1.89. The lowest BCUT2D eigenvalue weighted by Gasteiger charge is -2.22. The molecule has 4 heterocycles. The van der Waals surface area contributed by atoms with Crippen LogP contribution in [0, 0.1) is 12.8 Å². The Labute approximate surface area is 157 Å². The minimum Gasteiger partial charge on any atom is -0.355 e. The molecule has 138 valence electrons. The van der Waals surface area contributed by atoms with Gasteiger partial charge in [0.15, 0.2) is 5.65 Å². The summed E-state index contributed by atoms with van der Waals surface area (Å²) in [6, 6.07) is 8.22. The summed E-state index contributed by atoms with van der Waals surface area (Å²) in [6.45, 7) is 4.20. The molecule has 1 aromatic carbocycles. The van der Waals surface area contributed by atoms with Gasteiger partial charge in [0.1, 0.15) is 11.6 Å². The van der Waals surface area contributed by atoms with Gasteiger partial charge < -0.3 is 9.80 Å². The van der Waals surface area contributed by atoms with E-state index in [1.807, 2.05) is 37.2 Å². The molecule has 5 rings (SSSR count). The first-order chi connectivity index (χ1) is 13.1. The number of fused-ring (bicyclic) bond motifs is 2. The molecule has 7 heteroatoms. The highest BCUT2D eigenvalue weighted by molar-refractivity contribution is 5.98. The summed E-state index contributed by atoms with van der Waals surface area (Å²) in [5, 5.41) is 5.27. The lowest BCUT2D eigenvalue weighted by atomic mass is 10.1. The molecule has 7 nitrogen and oxygen atoms in total. The molecular formula is C20H22N6O. The lowest BCUT2D eigenvalue weighted by molar-refractivity contribution is -0.121. The molecule has 2 aromatic heterocycles. The van der Waals surface area contributed by atoms with Crippen molar-refractivity contribution in [2.45, 2.75) is 19.8 Å². The van der Waals surface area contributed by atoms with Crippen molar-refractivity contribution in [3.63, 3.8) is 0 Å². The quantitative estimate of drug-likeness (QED) is 0.698. The summed E-state index contributed by atoms with van der Waals surface area (Å²) >= 11 is 0. The van der Waals surface area contributed by atoms with Crippen molar-refractivity contribution in [3.05, 3.63) is 41.9 Å². The van der Waals surface area contributed by atoms with E-state index in [4.69, 9.17) is 0 Å². The van der Waals surface area contributed by atoms with E-state index < -0.39 is 0 Å². The minimum atomic E-state index is -0.00171. The molecule has 2 aliphatic rings. The highest BCUT2D eigenvalue weighted by Gasteiger charge is 2.35. The summed E-state index contributed by atoms with van der Waals surface area (Å²) in [5.41, 5.74) is 3.18. The van der Waals surface area contributed by atoms with E-state index in [0.29, 0.717) is 6.54 Å². The molecule has 0 N–H and O–H groups in total. The molecule has 1 atom stereocenters. The molecule has 0 radical (unpaired) electrons. The maximum Gasteiger partial charge on any atom is 0.231 e. The van der Waals surface area contributed by atoms with Gasteiger partial charge in [-0.25, -0.2) is 9.97 Å². The van der Waals surface area contributed by atoms with Gasteiger partial charge in [-0.2, -0.15) is 5.10 Å². The van der Waals surface area contributed by atoms with Crippen molar-refractivity contribution in [3.8, 4) is 0 Å². The summed E-state index contributed by atoms with van der Waals surface area (Å²) in [4.78, 5) is 26.5. The van der Waals surface area contributed by atoms with Crippen LogP contribution in [0.4, 0.5) is 11.5 Å². The third-order valence-corrected chi connectivity index (χ3v) is 5.67. The van der Waals surface area contributed by atoms with Crippen molar-refractivity contribution in [1.29, 1.82) is 0 Å². The van der Waals surface area contributed by atoms with Gasteiger partial charge >= 0.3 is 0 Å². The fourth-order valence-electron chi connectivity index (χ4n) is 4.30. The zero-order valence-electron chi connectivity index (χ0n) is 15.6. The summed E-state index contributed by atoms with van der Waals surface area (Å²) in [5.74, 6) is 1.85. The Bertz CT molecular complexity index is 1040. The van der Waals surface area contributed by atoms with E-state index >= 15 is 0 Å². The molecule has 0 spiro atoms. The summed E-state index contributed by atoms with van der Waals surface area (Å²) < 4.78 is 1.77. The molecule has 0 aliphatic carbocycles. The molecule has 1 amide bonds. The Morgan fingerprint density at radius 1 is 1.19 bits per heavy atom. The van der Waals surface area contributed by atoms with Gasteiger partial charge in [0.25, 0.3) is 0 Å². The fraction of sp³-hybridized carbons (Fsp3) is 0.400. The average Bonchev–Trinajstić information content (AvgIpc) is 3.39. The first-order valence-electron chi connectivity index (χ1n) is 9.42. The molecule has 27 heavy (non-hydrogen) atoms. The first kappa shape index (κ1) is 16.2. The Kier molecular flexibility index (Phi) is 3.63. The van der Waals surface area contributed by atoms with Crippen molar-refractivity contribution in [2.75, 3.05) is 29.4 Å². The Hall–Kier alpha value is -2.96. The number of nitrogens with zero attached hydrogens (tertiary/aromatic N) is 6. The monoisotopic (exact) mass is 362 g/mol. The normalized spacial score (nSPS) is 19.1. The predicted molar refractivity (Wildman–Crippen MR) is 104 cm³/mol. The maximum absolute atomic E-state index is 13.2. The van der Waals surface area contributed by atoms with Crippen LogP contribution in [0.1, 0.15) is 17.8 Å². The number of carbonyl (C=O) groups is 1. The molecule has 1 unspecified atom stereocenters. The molecular weight excluding hydrogens is 340 g/mol. The second kappa shape index (κ2) is 6.04. The van der Waals surface area contributed by atoms with Crippen LogP contribution in [0.5, 0.6) is 0 Å². The highest BCUT2D eigenvalue weighted by atomic mass is 16.2. The van der Waals surface area contributed by atoms with Crippen LogP contribution >= 0.6 is 0 Å². The molecule has 0 saturated carbocycles. The lowest BCUT2D eigenvalue weighted by Crippen LogP contribution is -2.36. The number of amides is 1. The van der Waals surface area contributed by atoms with Gasteiger partial charge in [0, 0.05) is 32.4 Å². The van der Waals surface area contributed by atoms with Crippen LogP contribution in [-0.2, 0) is 18.3 Å². The number of carbonyl (C=O) groups excluding carboxylic acids is 1. The Morgan fingerprint density at radius 2 is 2.04 bits per heavy atom. The third kappa shape index (κ3) is 2.57. The minimum absolute atomic E-state index is 0.00171. The number of hydrogen-bond donors (Lipinski definition) is 0. The smallest absolute Gasteiger partial charge is 0.231 e. The van der Waals surface area contributed by atoms with Crippen LogP contribution in [0.25, 0.3) is 11.0 Å². The standard InChI is InChI=1S/C20H22N6O/c1-13-22-18-16(11-21-24(18)2)19(23-13)25-9-7-15(12-25)20(27)26-10-8-14-5-3-4-6-17(14)26/h3-6,11,15H,7-10,12H2,1-2H3. The topological polar surface area (TPSA) is 67.2 Å². The summed E-state index contributed by atoms with van der Waals surface area (Å²) in [6.07, 6.45) is 3.61. The van der Waals surface area contributed by atoms with E-state index in [0.717, 1.165) is 54.3 Å². The molecule has 0 bridgehead atoms. The van der Waals surface area contributed by atoms with E-state index in [9.17, 15) is 4.79 Å². The largest absolute Gasteiger partial charge is 0.355 e. The van der Waals surface area contributed by atoms with Crippen molar-refractivity contribution in [2.24, 2.45) is 13.0 Å². The molecule has 1 saturated heterocycles. The Morgan fingerprint density at radius 3 is 2.93 bits per heavy atom. The zero-order chi connectivity index (χ0) is 18.5. The fourth-order valence-corrected chi connectivity index (χ4v) is 4.30. The zero-order valence-corrected chi connectivity index (χ0v) is 15.6. The van der Waals surface area contributed by atoms with Crippen LogP contribution in [0.3, 0.4) is 0 Å².